The SMILES string of the molecule is CCN(CC(=O)NC)C(=O)N1CCSCC1C(=O)O. The Labute approximate surface area is 116 Å². The Morgan fingerprint density at radius 3 is 2.68 bits per heavy atom. The summed E-state index contributed by atoms with van der Waals surface area (Å²) in [5.41, 5.74) is 0. The maximum atomic E-state index is 12.3. The lowest BCUT2D eigenvalue weighted by atomic mass is 10.3. The number of thioether (sulfide) groups is 1. The first-order chi connectivity index (χ1) is 9.01. The lowest BCUT2D eigenvalue weighted by Gasteiger charge is -2.36. The van der Waals surface area contributed by atoms with Gasteiger partial charge < -0.3 is 20.2 Å². The summed E-state index contributed by atoms with van der Waals surface area (Å²) in [6, 6.07) is -1.20. The Morgan fingerprint density at radius 1 is 1.47 bits per heavy atom. The number of nitrogens with one attached hydrogen (secondary N) is 1. The molecule has 0 aromatic rings. The fraction of sp³-hybridized carbons (Fsp3) is 0.727. The van der Waals surface area contributed by atoms with Crippen molar-refractivity contribution in [3.8, 4) is 0 Å². The minimum atomic E-state index is -1.00. The number of carbonyl (C=O) groups is 3. The van der Waals surface area contributed by atoms with Crippen LogP contribution in [0.1, 0.15) is 6.92 Å². The molecule has 3 amide bonds. The van der Waals surface area contributed by atoms with Crippen LogP contribution < -0.4 is 5.32 Å². The van der Waals surface area contributed by atoms with E-state index in [4.69, 9.17) is 5.11 Å². The van der Waals surface area contributed by atoms with Crippen LogP contribution in [0.2, 0.25) is 0 Å². The van der Waals surface area contributed by atoms with Crippen molar-refractivity contribution in [1.82, 2.24) is 15.1 Å². The fourth-order valence-electron chi connectivity index (χ4n) is 1.79. The second-order valence-electron chi connectivity index (χ2n) is 4.09. The van der Waals surface area contributed by atoms with Crippen molar-refractivity contribution in [1.29, 1.82) is 0 Å². The Balaban J connectivity index is 2.76. The van der Waals surface area contributed by atoms with Gasteiger partial charge in [-0.15, -0.1) is 0 Å². The van der Waals surface area contributed by atoms with Gasteiger partial charge in [0, 0.05) is 31.6 Å². The largest absolute Gasteiger partial charge is 0.480 e. The number of carboxylic acids is 1. The van der Waals surface area contributed by atoms with Gasteiger partial charge in [0.1, 0.15) is 12.6 Å². The first-order valence-corrected chi connectivity index (χ1v) is 7.23. The molecule has 2 N–H and O–H groups in total. The zero-order valence-corrected chi connectivity index (χ0v) is 11.9. The topological polar surface area (TPSA) is 90.0 Å². The minimum Gasteiger partial charge on any atom is -0.480 e. The van der Waals surface area contributed by atoms with Gasteiger partial charge in [0.05, 0.1) is 0 Å². The van der Waals surface area contributed by atoms with Gasteiger partial charge >= 0.3 is 12.0 Å². The summed E-state index contributed by atoms with van der Waals surface area (Å²) in [7, 11) is 1.50. The van der Waals surface area contributed by atoms with Crippen molar-refractivity contribution in [3.63, 3.8) is 0 Å². The second kappa shape index (κ2) is 7.22. The van der Waals surface area contributed by atoms with E-state index < -0.39 is 12.0 Å². The summed E-state index contributed by atoms with van der Waals surface area (Å²) in [5, 5.41) is 11.6. The van der Waals surface area contributed by atoms with Crippen LogP contribution in [0, 0.1) is 0 Å². The molecule has 7 nitrogen and oxygen atoms in total. The van der Waals surface area contributed by atoms with Crippen LogP contribution in [0.5, 0.6) is 0 Å². The van der Waals surface area contributed by atoms with Crippen molar-refractivity contribution in [3.05, 3.63) is 0 Å². The Bertz CT molecular complexity index is 364. The lowest BCUT2D eigenvalue weighted by molar-refractivity contribution is -0.141. The maximum Gasteiger partial charge on any atom is 0.327 e. The van der Waals surface area contributed by atoms with Gasteiger partial charge in [-0.25, -0.2) is 9.59 Å². The van der Waals surface area contributed by atoms with Gasteiger partial charge in [-0.3, -0.25) is 4.79 Å². The first kappa shape index (κ1) is 15.6. The number of likely N-dealkylation sites (N-methyl/N-ethyl adjacent to an activating group) is 2. The molecule has 0 saturated carbocycles. The zero-order chi connectivity index (χ0) is 14.4. The highest BCUT2D eigenvalue weighted by Crippen LogP contribution is 2.18. The summed E-state index contributed by atoms with van der Waals surface area (Å²) in [5.74, 6) is -0.170. The third kappa shape index (κ3) is 4.02. The fourth-order valence-corrected chi connectivity index (χ4v) is 2.82. The molecule has 1 rings (SSSR count). The monoisotopic (exact) mass is 289 g/mol. The van der Waals surface area contributed by atoms with E-state index in [1.165, 1.54) is 28.6 Å². The van der Waals surface area contributed by atoms with Gasteiger partial charge in [0.15, 0.2) is 0 Å². The van der Waals surface area contributed by atoms with E-state index in [1.807, 2.05) is 0 Å². The van der Waals surface area contributed by atoms with Crippen LogP contribution in [0.25, 0.3) is 0 Å². The smallest absolute Gasteiger partial charge is 0.327 e. The summed E-state index contributed by atoms with van der Waals surface area (Å²) in [4.78, 5) is 37.5. The molecule has 1 saturated heterocycles. The van der Waals surface area contributed by atoms with E-state index in [0.29, 0.717) is 24.6 Å². The quantitative estimate of drug-likeness (QED) is 0.740. The highest BCUT2D eigenvalue weighted by atomic mass is 32.2. The van der Waals surface area contributed by atoms with Crippen molar-refractivity contribution >= 4 is 29.7 Å². The second-order valence-corrected chi connectivity index (χ2v) is 5.24. The Hall–Kier alpha value is -1.44. The Kier molecular flexibility index (Phi) is 5.94. The molecule has 1 aliphatic heterocycles. The van der Waals surface area contributed by atoms with E-state index in [2.05, 4.69) is 5.32 Å². The molecular weight excluding hydrogens is 270 g/mol. The van der Waals surface area contributed by atoms with Gasteiger partial charge in [0.25, 0.3) is 0 Å². The van der Waals surface area contributed by atoms with E-state index >= 15 is 0 Å². The number of nitrogens with zero attached hydrogens (tertiary/aromatic N) is 2. The normalized spacial score (nSPS) is 18.8. The van der Waals surface area contributed by atoms with E-state index in [0.717, 1.165) is 0 Å². The number of hydrogen-bond donors (Lipinski definition) is 2. The van der Waals surface area contributed by atoms with Crippen molar-refractivity contribution in [2.45, 2.75) is 13.0 Å². The third-order valence-corrected chi connectivity index (χ3v) is 3.95. The number of aliphatic carboxylic acids is 1. The molecule has 19 heavy (non-hydrogen) atoms. The average Bonchev–Trinajstić information content (AvgIpc) is 2.43. The predicted octanol–water partition coefficient (Wildman–Crippen LogP) is -0.324. The third-order valence-electron chi connectivity index (χ3n) is 2.92. The first-order valence-electron chi connectivity index (χ1n) is 6.08. The van der Waals surface area contributed by atoms with Crippen molar-refractivity contribution in [2.24, 2.45) is 0 Å². The van der Waals surface area contributed by atoms with Gasteiger partial charge in [-0.1, -0.05) is 0 Å². The molecule has 0 spiro atoms. The molecule has 1 unspecified atom stereocenters. The van der Waals surface area contributed by atoms with Crippen LogP contribution in [0.15, 0.2) is 0 Å². The summed E-state index contributed by atoms with van der Waals surface area (Å²) < 4.78 is 0. The number of carboxylic acid groups (broad SMARTS) is 1. The van der Waals surface area contributed by atoms with Crippen molar-refractivity contribution < 1.29 is 19.5 Å². The summed E-state index contributed by atoms with van der Waals surface area (Å²) in [6.07, 6.45) is 0. The molecule has 1 atom stereocenters. The standard InChI is InChI=1S/C11H19N3O4S/c1-3-13(6-9(15)12-2)11(18)14-4-5-19-7-8(14)10(16)17/h8H,3-7H2,1-2H3,(H,12,15)(H,16,17). The average molecular weight is 289 g/mol. The van der Waals surface area contributed by atoms with E-state index in [9.17, 15) is 14.4 Å². The number of carbonyl (C=O) groups excluding carboxylic acids is 2. The lowest BCUT2D eigenvalue weighted by Crippen LogP contribution is -2.56. The van der Waals surface area contributed by atoms with E-state index in [-0.39, 0.29) is 18.5 Å². The van der Waals surface area contributed by atoms with Gasteiger partial charge in [-0.2, -0.15) is 11.8 Å². The van der Waals surface area contributed by atoms with Crippen LogP contribution in [-0.2, 0) is 9.59 Å². The van der Waals surface area contributed by atoms with Crippen molar-refractivity contribution in [2.75, 3.05) is 38.2 Å². The molecule has 0 aromatic carbocycles. The van der Waals surface area contributed by atoms with Crippen LogP contribution in [0.3, 0.4) is 0 Å². The molecule has 1 heterocycles. The molecule has 0 bridgehead atoms. The number of urea groups is 1. The number of amides is 3. The molecular formula is C11H19N3O4S. The Morgan fingerprint density at radius 2 is 2.16 bits per heavy atom. The molecule has 0 radical (unpaired) electrons. The van der Waals surface area contributed by atoms with E-state index in [1.54, 1.807) is 6.92 Å². The molecule has 0 aliphatic carbocycles. The molecule has 8 heteroatoms. The maximum absolute atomic E-state index is 12.3. The summed E-state index contributed by atoms with van der Waals surface area (Å²) in [6.45, 7) is 2.46. The van der Waals surface area contributed by atoms with Gasteiger partial charge in [-0.05, 0) is 6.92 Å². The molecule has 108 valence electrons. The van der Waals surface area contributed by atoms with Gasteiger partial charge in [0.2, 0.25) is 5.91 Å². The number of hydrogen-bond acceptors (Lipinski definition) is 4. The number of rotatable bonds is 4. The van der Waals surface area contributed by atoms with Crippen LogP contribution >= 0.6 is 11.8 Å². The highest BCUT2D eigenvalue weighted by molar-refractivity contribution is 7.99. The predicted molar refractivity (Wildman–Crippen MR) is 72.2 cm³/mol. The van der Waals surface area contributed by atoms with Crippen LogP contribution in [-0.4, -0.2) is 77.0 Å². The molecule has 0 aromatic heterocycles. The molecule has 1 fully saturated rings. The zero-order valence-electron chi connectivity index (χ0n) is 11.1. The summed E-state index contributed by atoms with van der Waals surface area (Å²) >= 11 is 1.52. The molecule has 1 aliphatic rings. The minimum absolute atomic E-state index is 0.0538. The van der Waals surface area contributed by atoms with Crippen LogP contribution in [0.4, 0.5) is 4.79 Å². The highest BCUT2D eigenvalue weighted by Gasteiger charge is 2.34.